The van der Waals surface area contributed by atoms with Crippen molar-refractivity contribution < 1.29 is 14.7 Å². The lowest BCUT2D eigenvalue weighted by molar-refractivity contribution is -0.0925. The van der Waals surface area contributed by atoms with E-state index in [1.807, 2.05) is 6.92 Å². The molecule has 3 N–H and O–H groups in total. The number of amides is 2. The van der Waals surface area contributed by atoms with Crippen molar-refractivity contribution in [2.24, 2.45) is 5.92 Å². The molecule has 0 radical (unpaired) electrons. The van der Waals surface area contributed by atoms with E-state index < -0.39 is 6.03 Å². The molecule has 5 rings (SSSR count). The number of anilines is 1. The normalized spacial score (nSPS) is 19.5. The van der Waals surface area contributed by atoms with Gasteiger partial charge in [-0.3, -0.25) is 5.21 Å². The second kappa shape index (κ2) is 10.1. The Morgan fingerprint density at radius 3 is 2.40 bits per heavy atom. The second-order valence-electron chi connectivity index (χ2n) is 10.6. The van der Waals surface area contributed by atoms with Crippen molar-refractivity contribution >= 4 is 11.7 Å². The summed E-state index contributed by atoms with van der Waals surface area (Å²) in [6, 6.07) is 1.93. The van der Waals surface area contributed by atoms with Crippen molar-refractivity contribution in [1.29, 1.82) is 0 Å². The van der Waals surface area contributed by atoms with Crippen LogP contribution in [0.5, 0.6) is 0 Å². The van der Waals surface area contributed by atoms with Gasteiger partial charge in [0, 0.05) is 19.3 Å². The van der Waals surface area contributed by atoms with Crippen LogP contribution in [0.1, 0.15) is 81.0 Å². The van der Waals surface area contributed by atoms with Crippen LogP contribution in [0.2, 0.25) is 0 Å². The van der Waals surface area contributed by atoms with Crippen molar-refractivity contribution in [3.05, 3.63) is 51.0 Å². The van der Waals surface area contributed by atoms with Gasteiger partial charge in [0.05, 0.1) is 12.3 Å². The van der Waals surface area contributed by atoms with E-state index in [4.69, 9.17) is 4.74 Å². The van der Waals surface area contributed by atoms with Crippen LogP contribution in [0.4, 0.5) is 10.5 Å². The van der Waals surface area contributed by atoms with Gasteiger partial charge >= 0.3 is 6.03 Å². The fraction of sp³-hybridized carbons (Fsp3) is 0.607. The molecule has 4 aliphatic rings. The Labute approximate surface area is 209 Å². The highest BCUT2D eigenvalue weighted by Crippen LogP contribution is 2.39. The van der Waals surface area contributed by atoms with Gasteiger partial charge in [-0.15, -0.1) is 0 Å². The van der Waals surface area contributed by atoms with Crippen LogP contribution < -0.4 is 10.7 Å². The minimum atomic E-state index is -0.424. The van der Waals surface area contributed by atoms with Crippen LogP contribution in [-0.4, -0.2) is 41.5 Å². The van der Waals surface area contributed by atoms with Crippen molar-refractivity contribution in [1.82, 2.24) is 15.5 Å². The molecule has 0 spiro atoms. The van der Waals surface area contributed by atoms with Crippen LogP contribution in [0.25, 0.3) is 0 Å². The Balaban J connectivity index is 1.38. The summed E-state index contributed by atoms with van der Waals surface area (Å²) < 4.78 is 6.15. The van der Waals surface area contributed by atoms with E-state index in [-0.39, 0.29) is 0 Å². The first-order valence-electron chi connectivity index (χ1n) is 13.5. The number of carbonyl (C=O) groups excluding carboxylic acids is 1. The number of allylic oxidation sites excluding steroid dienone is 2. The number of hydrogen-bond acceptors (Lipinski definition) is 5. The van der Waals surface area contributed by atoms with Crippen molar-refractivity contribution in [2.75, 3.05) is 25.5 Å². The van der Waals surface area contributed by atoms with E-state index in [0.717, 1.165) is 92.4 Å². The highest BCUT2D eigenvalue weighted by Gasteiger charge is 2.30. The van der Waals surface area contributed by atoms with Crippen molar-refractivity contribution in [3.8, 4) is 0 Å². The van der Waals surface area contributed by atoms with Gasteiger partial charge < -0.3 is 15.0 Å². The molecule has 0 saturated heterocycles. The molecule has 0 unspecified atom stereocenters. The summed E-state index contributed by atoms with van der Waals surface area (Å²) in [4.78, 5) is 15.5. The highest BCUT2D eigenvalue weighted by atomic mass is 16.6. The summed E-state index contributed by atoms with van der Waals surface area (Å²) in [6.45, 7) is 5.65. The van der Waals surface area contributed by atoms with Gasteiger partial charge in [-0.2, -0.15) is 5.17 Å². The van der Waals surface area contributed by atoms with Crippen LogP contribution in [0, 0.1) is 5.92 Å². The smallest absolute Gasteiger partial charge is 0.339 e. The molecule has 7 heteroatoms. The van der Waals surface area contributed by atoms with E-state index >= 15 is 0 Å². The SMILES string of the molecule is CC/C(C)=C(/C1=C(N(C)CC2CC2)CCCO1)N(O)NC(=O)Nc1c2c(cc3c1CCC3)CCC2. The molecule has 1 aromatic carbocycles. The summed E-state index contributed by atoms with van der Waals surface area (Å²) in [5, 5.41) is 15.2. The number of hydrogen-bond donors (Lipinski definition) is 3. The van der Waals surface area contributed by atoms with Crippen LogP contribution in [0.15, 0.2) is 28.8 Å². The third kappa shape index (κ3) is 5.01. The van der Waals surface area contributed by atoms with Crippen LogP contribution in [-0.2, 0) is 30.4 Å². The summed E-state index contributed by atoms with van der Waals surface area (Å²) in [7, 11) is 2.11. The van der Waals surface area contributed by atoms with E-state index in [1.165, 1.54) is 35.1 Å². The monoisotopic (exact) mass is 480 g/mol. The summed E-state index contributed by atoms with van der Waals surface area (Å²) >= 11 is 0. The van der Waals surface area contributed by atoms with Gasteiger partial charge in [0.15, 0.2) is 5.76 Å². The first-order chi connectivity index (χ1) is 17.0. The second-order valence-corrected chi connectivity index (χ2v) is 10.6. The van der Waals surface area contributed by atoms with Gasteiger partial charge in [-0.05, 0) is 111 Å². The summed E-state index contributed by atoms with van der Waals surface area (Å²) in [5.41, 5.74) is 11.5. The lowest BCUT2D eigenvalue weighted by Crippen LogP contribution is -2.43. The third-order valence-electron chi connectivity index (χ3n) is 8.04. The predicted molar refractivity (Wildman–Crippen MR) is 137 cm³/mol. The Morgan fingerprint density at radius 1 is 1.09 bits per heavy atom. The average molecular weight is 481 g/mol. The molecular weight excluding hydrogens is 440 g/mol. The number of rotatable bonds is 8. The molecule has 35 heavy (non-hydrogen) atoms. The Morgan fingerprint density at radius 2 is 1.77 bits per heavy atom. The summed E-state index contributed by atoms with van der Waals surface area (Å²) in [5.74, 6) is 1.43. The first kappa shape index (κ1) is 24.0. The number of nitrogens with zero attached hydrogens (tertiary/aromatic N) is 2. The Bertz CT molecular complexity index is 1020. The lowest BCUT2D eigenvalue weighted by atomic mass is 9.99. The molecule has 0 atom stereocenters. The maximum absolute atomic E-state index is 13.2. The van der Waals surface area contributed by atoms with Gasteiger partial charge in [-0.1, -0.05) is 13.0 Å². The highest BCUT2D eigenvalue weighted by molar-refractivity contribution is 5.91. The third-order valence-corrected chi connectivity index (χ3v) is 8.04. The molecule has 1 aliphatic heterocycles. The van der Waals surface area contributed by atoms with Gasteiger partial charge in [0.1, 0.15) is 5.70 Å². The average Bonchev–Trinajstić information content (AvgIpc) is 3.32. The quantitative estimate of drug-likeness (QED) is 0.432. The minimum Gasteiger partial charge on any atom is -0.489 e. The number of urea groups is 1. The number of benzene rings is 1. The molecule has 1 heterocycles. The van der Waals surface area contributed by atoms with E-state index in [0.29, 0.717) is 18.1 Å². The lowest BCUT2D eigenvalue weighted by Gasteiger charge is -2.33. The molecule has 0 bridgehead atoms. The van der Waals surface area contributed by atoms with E-state index in [9.17, 15) is 10.0 Å². The zero-order chi connectivity index (χ0) is 24.5. The molecule has 0 aromatic heterocycles. The standard InChI is InChI=1S/C28H40N4O3/c1-4-18(2)26(27-24(12-7-15-35-27)31(3)17-19-13-14-19)32(34)30-28(33)29-25-22-10-5-8-20(22)16-21-9-6-11-23(21)25/h16,19,34H,4-15,17H2,1-3H3,(H2,29,30,33)/b26-18-. The Hall–Kier alpha value is -2.67. The number of carbonyl (C=O) groups is 1. The molecule has 7 nitrogen and oxygen atoms in total. The number of hydroxylamine groups is 1. The van der Waals surface area contributed by atoms with Crippen molar-refractivity contribution in [2.45, 2.75) is 84.5 Å². The summed E-state index contributed by atoms with van der Waals surface area (Å²) in [6.07, 6.45) is 11.6. The van der Waals surface area contributed by atoms with E-state index in [1.54, 1.807) is 0 Å². The van der Waals surface area contributed by atoms with Crippen LogP contribution >= 0.6 is 0 Å². The molecule has 1 saturated carbocycles. The molecule has 2 amide bonds. The minimum absolute atomic E-state index is 0.424. The number of aryl methyl sites for hydroxylation is 2. The number of ether oxygens (including phenoxy) is 1. The number of nitrogens with one attached hydrogen (secondary N) is 2. The van der Waals surface area contributed by atoms with Crippen molar-refractivity contribution in [3.63, 3.8) is 0 Å². The van der Waals surface area contributed by atoms with E-state index in [2.05, 4.69) is 35.7 Å². The molecule has 1 fully saturated rings. The van der Waals surface area contributed by atoms with Crippen LogP contribution in [0.3, 0.4) is 0 Å². The zero-order valence-electron chi connectivity index (χ0n) is 21.5. The Kier molecular flexibility index (Phi) is 6.96. The van der Waals surface area contributed by atoms with Gasteiger partial charge in [0.25, 0.3) is 0 Å². The molecule has 1 aromatic rings. The predicted octanol–water partition coefficient (Wildman–Crippen LogP) is 5.44. The van der Waals surface area contributed by atoms with Gasteiger partial charge in [-0.25, -0.2) is 10.2 Å². The number of hydrazine groups is 1. The zero-order valence-corrected chi connectivity index (χ0v) is 21.5. The van der Waals surface area contributed by atoms with Gasteiger partial charge in [0.2, 0.25) is 0 Å². The topological polar surface area (TPSA) is 77.1 Å². The number of fused-ring (bicyclic) bond motifs is 2. The fourth-order valence-corrected chi connectivity index (χ4v) is 5.88. The molecule has 190 valence electrons. The fourth-order valence-electron chi connectivity index (χ4n) is 5.88. The molecular formula is C28H40N4O3. The largest absolute Gasteiger partial charge is 0.489 e. The molecule has 3 aliphatic carbocycles. The maximum Gasteiger partial charge on any atom is 0.339 e. The maximum atomic E-state index is 13.2. The first-order valence-corrected chi connectivity index (χ1v) is 13.5.